The van der Waals surface area contributed by atoms with E-state index in [0.717, 1.165) is 5.57 Å². The van der Waals surface area contributed by atoms with E-state index in [9.17, 15) is 4.79 Å². The third-order valence-corrected chi connectivity index (χ3v) is 3.92. The molecule has 6 heteroatoms. The van der Waals surface area contributed by atoms with Gasteiger partial charge in [-0.05, 0) is 30.1 Å². The number of hydrogen-bond acceptors (Lipinski definition) is 5. The molecule has 1 amide bonds. The first kappa shape index (κ1) is 15.8. The Balaban J connectivity index is 3.15. The minimum absolute atomic E-state index is 0.0446. The van der Waals surface area contributed by atoms with Gasteiger partial charge in [0.15, 0.2) is 0 Å². The SMILES string of the molecule is CN(C)/C=C/C(/C=C/N(C)C)=C1SC(=S)N(C)C1=O. The molecule has 0 spiro atoms. The van der Waals surface area contributed by atoms with Crippen molar-refractivity contribution in [3.05, 3.63) is 35.0 Å². The molecule has 1 fully saturated rings. The normalized spacial score (nSPS) is 16.1. The van der Waals surface area contributed by atoms with Crippen molar-refractivity contribution >= 4 is 34.2 Å². The molecule has 4 nitrogen and oxygen atoms in total. The number of amides is 1. The second-order valence-electron chi connectivity index (χ2n) is 4.58. The number of thiocarbonyl (C=S) groups is 1. The summed E-state index contributed by atoms with van der Waals surface area (Å²) < 4.78 is 0.592. The summed E-state index contributed by atoms with van der Waals surface area (Å²) >= 11 is 6.49. The Morgan fingerprint density at radius 2 is 1.63 bits per heavy atom. The maximum absolute atomic E-state index is 12.1. The Kier molecular flexibility index (Phi) is 5.62. The molecule has 0 atom stereocenters. The van der Waals surface area contributed by atoms with Gasteiger partial charge in [0.2, 0.25) is 0 Å². The van der Waals surface area contributed by atoms with Gasteiger partial charge in [-0.1, -0.05) is 24.0 Å². The number of nitrogens with zero attached hydrogens (tertiary/aromatic N) is 3. The molecule has 0 unspecified atom stereocenters. The van der Waals surface area contributed by atoms with E-state index in [1.165, 1.54) is 16.7 Å². The van der Waals surface area contributed by atoms with Crippen LogP contribution in [0.1, 0.15) is 0 Å². The molecule has 0 radical (unpaired) electrons. The largest absolute Gasteiger partial charge is 0.383 e. The van der Waals surface area contributed by atoms with Gasteiger partial charge in [-0.3, -0.25) is 9.69 Å². The van der Waals surface area contributed by atoms with Crippen molar-refractivity contribution in [2.75, 3.05) is 35.2 Å². The van der Waals surface area contributed by atoms with Crippen LogP contribution in [0, 0.1) is 0 Å². The number of hydrogen-bond donors (Lipinski definition) is 0. The zero-order chi connectivity index (χ0) is 14.6. The van der Waals surface area contributed by atoms with Crippen molar-refractivity contribution in [1.82, 2.24) is 14.7 Å². The van der Waals surface area contributed by atoms with Crippen LogP contribution in [0.4, 0.5) is 0 Å². The summed E-state index contributed by atoms with van der Waals surface area (Å²) in [6.07, 6.45) is 7.67. The van der Waals surface area contributed by atoms with Gasteiger partial charge in [0.1, 0.15) is 4.32 Å². The van der Waals surface area contributed by atoms with Crippen LogP contribution < -0.4 is 0 Å². The minimum Gasteiger partial charge on any atom is -0.383 e. The zero-order valence-corrected chi connectivity index (χ0v) is 13.5. The van der Waals surface area contributed by atoms with Crippen molar-refractivity contribution < 1.29 is 4.79 Å². The topological polar surface area (TPSA) is 26.8 Å². The van der Waals surface area contributed by atoms with Gasteiger partial charge in [-0.2, -0.15) is 0 Å². The van der Waals surface area contributed by atoms with E-state index in [2.05, 4.69) is 0 Å². The van der Waals surface area contributed by atoms with Crippen LogP contribution in [0.15, 0.2) is 35.0 Å². The Hall–Kier alpha value is -1.27. The summed E-state index contributed by atoms with van der Waals surface area (Å²) in [7, 11) is 9.46. The number of carbonyl (C=O) groups is 1. The Bertz CT molecular complexity index is 445. The summed E-state index contributed by atoms with van der Waals surface area (Å²) in [4.78, 5) is 18.1. The van der Waals surface area contributed by atoms with Crippen LogP contribution >= 0.6 is 24.0 Å². The summed E-state index contributed by atoms with van der Waals surface area (Å²) in [5, 5.41) is 0. The zero-order valence-electron chi connectivity index (χ0n) is 11.9. The lowest BCUT2D eigenvalue weighted by atomic mass is 10.2. The summed E-state index contributed by atoms with van der Waals surface area (Å²) in [5.74, 6) is -0.0446. The molecule has 0 aliphatic carbocycles. The molecule has 0 aromatic rings. The van der Waals surface area contributed by atoms with E-state index in [0.29, 0.717) is 9.23 Å². The third-order valence-electron chi connectivity index (χ3n) is 2.33. The Labute approximate surface area is 124 Å². The van der Waals surface area contributed by atoms with Gasteiger partial charge in [-0.25, -0.2) is 0 Å². The molecule has 1 rings (SSSR count). The summed E-state index contributed by atoms with van der Waals surface area (Å²) in [6.45, 7) is 0. The molecular weight excluding hydrogens is 278 g/mol. The van der Waals surface area contributed by atoms with Crippen molar-refractivity contribution in [1.29, 1.82) is 0 Å². The smallest absolute Gasteiger partial charge is 0.266 e. The average molecular weight is 297 g/mol. The molecule has 104 valence electrons. The number of thioether (sulfide) groups is 1. The highest BCUT2D eigenvalue weighted by Gasteiger charge is 2.30. The van der Waals surface area contributed by atoms with Gasteiger partial charge in [0, 0.05) is 35.2 Å². The standard InChI is InChI=1S/C13H19N3OS2/c1-14(2)8-6-10(7-9-15(3)4)11-12(17)16(5)13(18)19-11/h6-9H,1-5H3/b8-6+,9-7+. The van der Waals surface area contributed by atoms with Crippen molar-refractivity contribution in [3.63, 3.8) is 0 Å². The van der Waals surface area contributed by atoms with Crippen molar-refractivity contribution in [3.8, 4) is 0 Å². The second-order valence-corrected chi connectivity index (χ2v) is 6.22. The van der Waals surface area contributed by atoms with Crippen LogP contribution in [0.25, 0.3) is 0 Å². The highest BCUT2D eigenvalue weighted by atomic mass is 32.2. The van der Waals surface area contributed by atoms with Gasteiger partial charge in [-0.15, -0.1) is 0 Å². The molecular formula is C13H19N3OS2. The molecule has 0 N–H and O–H groups in total. The molecule has 1 heterocycles. The van der Waals surface area contributed by atoms with Crippen LogP contribution in [-0.2, 0) is 4.79 Å². The first-order chi connectivity index (χ1) is 8.82. The maximum atomic E-state index is 12.1. The average Bonchev–Trinajstić information content (AvgIpc) is 2.57. The third kappa shape index (κ3) is 4.40. The lowest BCUT2D eigenvalue weighted by molar-refractivity contribution is -0.121. The van der Waals surface area contributed by atoms with E-state index in [1.807, 2.05) is 62.5 Å². The van der Waals surface area contributed by atoms with Gasteiger partial charge in [0.25, 0.3) is 5.91 Å². The predicted octanol–water partition coefficient (Wildman–Crippen LogP) is 1.88. The fourth-order valence-corrected chi connectivity index (χ4v) is 2.49. The Morgan fingerprint density at radius 3 is 1.95 bits per heavy atom. The fourth-order valence-electron chi connectivity index (χ4n) is 1.28. The van der Waals surface area contributed by atoms with Crippen molar-refractivity contribution in [2.24, 2.45) is 0 Å². The molecule has 0 saturated carbocycles. The maximum Gasteiger partial charge on any atom is 0.266 e. The first-order valence-corrected chi connectivity index (χ1v) is 6.98. The van der Waals surface area contributed by atoms with Crippen LogP contribution in [0.5, 0.6) is 0 Å². The van der Waals surface area contributed by atoms with Crippen LogP contribution in [-0.4, -0.2) is 60.2 Å². The van der Waals surface area contributed by atoms with Crippen LogP contribution in [0.2, 0.25) is 0 Å². The van der Waals surface area contributed by atoms with Gasteiger partial charge < -0.3 is 9.80 Å². The number of likely N-dealkylation sites (N-methyl/N-ethyl adjacent to an activating group) is 1. The lowest BCUT2D eigenvalue weighted by Gasteiger charge is -2.08. The first-order valence-electron chi connectivity index (χ1n) is 5.76. The lowest BCUT2D eigenvalue weighted by Crippen LogP contribution is -2.22. The highest BCUT2D eigenvalue weighted by Crippen LogP contribution is 2.33. The van der Waals surface area contributed by atoms with Crippen molar-refractivity contribution in [2.45, 2.75) is 0 Å². The molecule has 0 aromatic carbocycles. The monoisotopic (exact) mass is 297 g/mol. The number of carbonyl (C=O) groups excluding carboxylic acids is 1. The molecule has 19 heavy (non-hydrogen) atoms. The van der Waals surface area contributed by atoms with E-state index in [1.54, 1.807) is 7.05 Å². The summed E-state index contributed by atoms with van der Waals surface area (Å²) in [6, 6.07) is 0. The second kappa shape index (κ2) is 6.77. The minimum atomic E-state index is -0.0446. The van der Waals surface area contributed by atoms with Gasteiger partial charge >= 0.3 is 0 Å². The molecule has 0 aromatic heterocycles. The van der Waals surface area contributed by atoms with Crippen LogP contribution in [0.3, 0.4) is 0 Å². The molecule has 1 saturated heterocycles. The molecule has 0 bridgehead atoms. The van der Waals surface area contributed by atoms with Gasteiger partial charge in [0.05, 0.1) is 4.91 Å². The fraction of sp³-hybridized carbons (Fsp3) is 0.385. The quantitative estimate of drug-likeness (QED) is 0.583. The van der Waals surface area contributed by atoms with E-state index in [-0.39, 0.29) is 5.91 Å². The molecule has 1 aliphatic heterocycles. The summed E-state index contributed by atoms with van der Waals surface area (Å²) in [5.41, 5.74) is 0.865. The Morgan fingerprint density at radius 1 is 1.16 bits per heavy atom. The number of allylic oxidation sites excluding steroid dienone is 3. The van der Waals surface area contributed by atoms with E-state index >= 15 is 0 Å². The molecule has 1 aliphatic rings. The van der Waals surface area contributed by atoms with E-state index < -0.39 is 0 Å². The van der Waals surface area contributed by atoms with E-state index in [4.69, 9.17) is 12.2 Å². The predicted molar refractivity (Wildman–Crippen MR) is 85.6 cm³/mol. The highest BCUT2D eigenvalue weighted by molar-refractivity contribution is 8.26. The number of rotatable bonds is 4.